The van der Waals surface area contributed by atoms with Crippen molar-refractivity contribution in [2.45, 2.75) is 32.5 Å². The van der Waals surface area contributed by atoms with Gasteiger partial charge in [0.25, 0.3) is 5.91 Å². The number of ether oxygens (including phenoxy) is 1. The van der Waals surface area contributed by atoms with Gasteiger partial charge in [0.1, 0.15) is 5.76 Å². The molecule has 164 valence electrons. The predicted octanol–water partition coefficient (Wildman–Crippen LogP) is 3.60. The van der Waals surface area contributed by atoms with Gasteiger partial charge in [-0.2, -0.15) is 13.2 Å². The molecule has 3 aromatic rings. The number of hydrogen-bond acceptors (Lipinski definition) is 8. The van der Waals surface area contributed by atoms with Crippen molar-refractivity contribution in [3.8, 4) is 5.75 Å². The molecule has 12 heteroatoms. The monoisotopic (exact) mass is 437 g/mol. The number of pyridine rings is 1. The Kier molecular flexibility index (Phi) is 5.29. The van der Waals surface area contributed by atoms with E-state index in [1.165, 1.54) is 13.5 Å². The quantitative estimate of drug-likeness (QED) is 0.645. The second kappa shape index (κ2) is 7.93. The maximum atomic E-state index is 12.8. The molecule has 0 aliphatic carbocycles. The van der Waals surface area contributed by atoms with Crippen molar-refractivity contribution in [1.29, 1.82) is 0 Å². The number of fused-ring (bicyclic) bond motifs is 1. The molecule has 1 aliphatic heterocycles. The molecule has 4 rings (SSSR count). The van der Waals surface area contributed by atoms with Crippen molar-refractivity contribution in [1.82, 2.24) is 15.1 Å². The van der Waals surface area contributed by atoms with E-state index in [-0.39, 0.29) is 23.8 Å². The number of halogens is 3. The Morgan fingerprint density at radius 3 is 2.81 bits per heavy atom. The Morgan fingerprint density at radius 2 is 2.16 bits per heavy atom. The first-order valence-corrected chi connectivity index (χ1v) is 9.33. The van der Waals surface area contributed by atoms with E-state index in [1.54, 1.807) is 13.0 Å². The van der Waals surface area contributed by atoms with Gasteiger partial charge >= 0.3 is 6.18 Å². The summed E-state index contributed by atoms with van der Waals surface area (Å²) >= 11 is 0. The second-order valence-corrected chi connectivity index (χ2v) is 6.92. The highest BCUT2D eigenvalue weighted by atomic mass is 19.4. The van der Waals surface area contributed by atoms with E-state index in [2.05, 4.69) is 20.4 Å². The molecule has 0 saturated carbocycles. The maximum absolute atomic E-state index is 12.8. The van der Waals surface area contributed by atoms with Crippen LogP contribution >= 0.6 is 0 Å². The lowest BCUT2D eigenvalue weighted by Crippen LogP contribution is -2.29. The highest BCUT2D eigenvalue weighted by molar-refractivity contribution is 6.03. The van der Waals surface area contributed by atoms with Crippen LogP contribution in [-0.2, 0) is 19.1 Å². The number of aromatic nitrogens is 3. The zero-order valence-electron chi connectivity index (χ0n) is 16.6. The first kappa shape index (κ1) is 20.7. The summed E-state index contributed by atoms with van der Waals surface area (Å²) in [6, 6.07) is 2.57. The van der Waals surface area contributed by atoms with Gasteiger partial charge in [-0.3, -0.25) is 4.79 Å². The van der Waals surface area contributed by atoms with E-state index in [1.807, 2.05) is 4.90 Å². The Morgan fingerprint density at radius 1 is 1.35 bits per heavy atom. The van der Waals surface area contributed by atoms with Gasteiger partial charge in [-0.05, 0) is 19.8 Å². The van der Waals surface area contributed by atoms with Crippen LogP contribution in [-0.4, -0.2) is 34.7 Å². The number of rotatable bonds is 5. The fourth-order valence-corrected chi connectivity index (χ4v) is 3.35. The first-order valence-electron chi connectivity index (χ1n) is 9.33. The average Bonchev–Trinajstić information content (AvgIpc) is 3.36. The van der Waals surface area contributed by atoms with Crippen LogP contribution in [0.15, 0.2) is 27.5 Å². The Hall–Kier alpha value is -3.57. The predicted molar refractivity (Wildman–Crippen MR) is 101 cm³/mol. The van der Waals surface area contributed by atoms with E-state index >= 15 is 0 Å². The highest BCUT2D eigenvalue weighted by Crippen LogP contribution is 2.36. The number of oxazole rings is 1. The lowest BCUT2D eigenvalue weighted by Gasteiger charge is -2.30. The zero-order chi connectivity index (χ0) is 22.2. The van der Waals surface area contributed by atoms with E-state index < -0.39 is 17.8 Å². The molecule has 0 fully saturated rings. The standard InChI is InChI=1S/C19H18F3N5O4/c1-10-16(23-9-30-10)18(28)25-17-14(29-2)7-13-12(24-17)4-3-5-27(13)8-11-6-15(26-31-11)19(20,21)22/h6-7,9H,3-5,8H2,1-2H3,(H,24,25,28). The van der Waals surface area contributed by atoms with Gasteiger partial charge < -0.3 is 23.9 Å². The third-order valence-electron chi connectivity index (χ3n) is 4.83. The minimum atomic E-state index is -4.57. The summed E-state index contributed by atoms with van der Waals surface area (Å²) in [6.45, 7) is 2.29. The molecule has 0 bridgehead atoms. The number of anilines is 2. The molecule has 1 amide bonds. The number of carbonyl (C=O) groups is 1. The molecule has 0 radical (unpaired) electrons. The molecule has 0 saturated heterocycles. The molecule has 9 nitrogen and oxygen atoms in total. The zero-order valence-corrected chi connectivity index (χ0v) is 16.6. The van der Waals surface area contributed by atoms with Crippen molar-refractivity contribution in [3.63, 3.8) is 0 Å². The van der Waals surface area contributed by atoms with Crippen LogP contribution in [0.25, 0.3) is 0 Å². The number of nitrogens with one attached hydrogen (secondary N) is 1. The van der Waals surface area contributed by atoms with Gasteiger partial charge in [0.2, 0.25) is 0 Å². The molecular formula is C19H18F3N5O4. The van der Waals surface area contributed by atoms with Gasteiger partial charge in [-0.15, -0.1) is 0 Å². The van der Waals surface area contributed by atoms with Crippen LogP contribution in [0.3, 0.4) is 0 Å². The van der Waals surface area contributed by atoms with E-state index in [0.717, 1.165) is 12.5 Å². The molecule has 4 heterocycles. The van der Waals surface area contributed by atoms with Crippen LogP contribution < -0.4 is 15.0 Å². The Bertz CT molecular complexity index is 1110. The maximum Gasteiger partial charge on any atom is 0.436 e. The van der Waals surface area contributed by atoms with Gasteiger partial charge in [0, 0.05) is 18.7 Å². The SMILES string of the molecule is COc1cc2c(nc1NC(=O)c1ncoc1C)CCCN2Cc1cc(C(F)(F)F)no1. The van der Waals surface area contributed by atoms with E-state index in [0.29, 0.717) is 35.9 Å². The fourth-order valence-electron chi connectivity index (χ4n) is 3.35. The molecule has 0 spiro atoms. The summed E-state index contributed by atoms with van der Waals surface area (Å²) in [7, 11) is 1.43. The summed E-state index contributed by atoms with van der Waals surface area (Å²) < 4.78 is 53.6. The molecule has 0 atom stereocenters. The minimum absolute atomic E-state index is 0.0815. The van der Waals surface area contributed by atoms with Crippen LogP contribution in [0.2, 0.25) is 0 Å². The number of aryl methyl sites for hydroxylation is 2. The second-order valence-electron chi connectivity index (χ2n) is 6.92. The summed E-state index contributed by atoms with van der Waals surface area (Å²) in [5.74, 6) is 0.471. The summed E-state index contributed by atoms with van der Waals surface area (Å²) in [5, 5.41) is 5.76. The van der Waals surface area contributed by atoms with Gasteiger partial charge in [0.05, 0.1) is 25.0 Å². The fraction of sp³-hybridized carbons (Fsp3) is 0.368. The lowest BCUT2D eigenvalue weighted by molar-refractivity contribution is -0.142. The van der Waals surface area contributed by atoms with Gasteiger partial charge in [0.15, 0.2) is 35.1 Å². The summed E-state index contributed by atoms with van der Waals surface area (Å²) in [5.41, 5.74) is 0.420. The van der Waals surface area contributed by atoms with Gasteiger partial charge in [-0.25, -0.2) is 9.97 Å². The number of hydrogen-bond donors (Lipinski definition) is 1. The first-order chi connectivity index (χ1) is 14.8. The van der Waals surface area contributed by atoms with Crippen LogP contribution in [0.1, 0.15) is 39.8 Å². The Balaban J connectivity index is 1.59. The van der Waals surface area contributed by atoms with E-state index in [4.69, 9.17) is 13.7 Å². The molecule has 0 unspecified atom stereocenters. The smallest absolute Gasteiger partial charge is 0.436 e. The average molecular weight is 437 g/mol. The lowest BCUT2D eigenvalue weighted by atomic mass is 10.1. The molecule has 1 N–H and O–H groups in total. The number of carbonyl (C=O) groups excluding carboxylic acids is 1. The third-order valence-corrected chi connectivity index (χ3v) is 4.83. The number of amides is 1. The molecule has 1 aliphatic rings. The molecular weight excluding hydrogens is 419 g/mol. The molecule has 0 aromatic carbocycles. The van der Waals surface area contributed by atoms with Gasteiger partial charge in [-0.1, -0.05) is 5.16 Å². The van der Waals surface area contributed by atoms with Crippen molar-refractivity contribution in [2.24, 2.45) is 0 Å². The summed E-state index contributed by atoms with van der Waals surface area (Å²) in [6.07, 6.45) is -2.04. The van der Waals surface area contributed by atoms with Crippen molar-refractivity contribution in [3.05, 3.63) is 47.1 Å². The van der Waals surface area contributed by atoms with Crippen LogP contribution in [0.5, 0.6) is 5.75 Å². The Labute approximate surface area is 174 Å². The van der Waals surface area contributed by atoms with Crippen molar-refractivity contribution < 1.29 is 31.6 Å². The number of methoxy groups -OCH3 is 1. The topological polar surface area (TPSA) is 107 Å². The minimum Gasteiger partial charge on any atom is -0.493 e. The normalized spacial score (nSPS) is 13.8. The van der Waals surface area contributed by atoms with Crippen LogP contribution in [0.4, 0.5) is 24.7 Å². The van der Waals surface area contributed by atoms with Crippen LogP contribution in [0, 0.1) is 6.92 Å². The summed E-state index contributed by atoms with van der Waals surface area (Å²) in [4.78, 5) is 22.7. The highest BCUT2D eigenvalue weighted by Gasteiger charge is 2.35. The van der Waals surface area contributed by atoms with E-state index in [9.17, 15) is 18.0 Å². The third kappa shape index (κ3) is 4.18. The number of nitrogens with zero attached hydrogens (tertiary/aromatic N) is 4. The van der Waals surface area contributed by atoms with Crippen molar-refractivity contribution in [2.75, 3.05) is 23.9 Å². The van der Waals surface area contributed by atoms with Crippen molar-refractivity contribution >= 4 is 17.4 Å². The molecule has 31 heavy (non-hydrogen) atoms. The number of alkyl halides is 3. The largest absolute Gasteiger partial charge is 0.493 e. The molecule has 3 aromatic heterocycles.